The molecule has 2 heterocycles. The number of rotatable bonds is 11. The Morgan fingerprint density at radius 3 is 2.54 bits per heavy atom. The highest BCUT2D eigenvalue weighted by atomic mass is 19.1. The lowest BCUT2D eigenvalue weighted by Crippen LogP contribution is -2.22. The third kappa shape index (κ3) is 6.22. The number of pyridine rings is 1. The number of aliphatic hydroxyl groups excluding tert-OH is 1. The molecule has 0 amide bonds. The zero-order valence-corrected chi connectivity index (χ0v) is 21.2. The average Bonchev–Trinajstić information content (AvgIpc) is 3.75. The Labute approximate surface area is 215 Å². The molecule has 0 bridgehead atoms. The van der Waals surface area contributed by atoms with E-state index in [9.17, 15) is 19.4 Å². The molecule has 1 fully saturated rings. The molecule has 0 radical (unpaired) electrons. The van der Waals surface area contributed by atoms with Crippen LogP contribution in [0, 0.1) is 17.7 Å². The summed E-state index contributed by atoms with van der Waals surface area (Å²) in [4.78, 5) is 24.4. The fraction of sp³-hybridized carbons (Fsp3) is 0.429. The number of benzene rings is 1. The van der Waals surface area contributed by atoms with Gasteiger partial charge >= 0.3 is 5.97 Å². The van der Waals surface area contributed by atoms with Gasteiger partial charge in [0, 0.05) is 11.6 Å². The van der Waals surface area contributed by atoms with Crippen molar-refractivity contribution in [1.82, 2.24) is 15.0 Å². The zero-order valence-electron chi connectivity index (χ0n) is 21.2. The summed E-state index contributed by atoms with van der Waals surface area (Å²) in [7, 11) is 2.84. The molecule has 9 heteroatoms. The van der Waals surface area contributed by atoms with Crippen LogP contribution in [0.5, 0.6) is 11.6 Å². The average molecular weight is 510 g/mol. The quantitative estimate of drug-likeness (QED) is 0.356. The van der Waals surface area contributed by atoms with Gasteiger partial charge in [-0.05, 0) is 61.1 Å². The molecule has 1 aliphatic rings. The Morgan fingerprint density at radius 1 is 1.14 bits per heavy atom. The van der Waals surface area contributed by atoms with Gasteiger partial charge in [0.05, 0.1) is 56.2 Å². The number of hydrogen-bond acceptors (Lipinski definition) is 8. The van der Waals surface area contributed by atoms with Crippen molar-refractivity contribution in [3.05, 3.63) is 65.5 Å². The second kappa shape index (κ2) is 11.6. The van der Waals surface area contributed by atoms with E-state index in [1.54, 1.807) is 6.07 Å². The summed E-state index contributed by atoms with van der Waals surface area (Å²) in [5.74, 6) is -0.152. The van der Waals surface area contributed by atoms with Crippen LogP contribution < -0.4 is 4.74 Å². The number of methoxy groups -OCH3 is 2. The van der Waals surface area contributed by atoms with E-state index in [0.29, 0.717) is 36.6 Å². The first-order valence-corrected chi connectivity index (χ1v) is 12.4. The van der Waals surface area contributed by atoms with Crippen LogP contribution in [0.2, 0.25) is 0 Å². The molecule has 0 spiro atoms. The van der Waals surface area contributed by atoms with Gasteiger partial charge in [-0.1, -0.05) is 19.1 Å². The SMILES string of the molecule is COC(=O)[C@@H](C)[C@H](c1ccc(CCCC(O)c2cnc(-c3cc(OC)ncc3F)cn2)c(O)c1)C1CC1. The largest absolute Gasteiger partial charge is 0.508 e. The summed E-state index contributed by atoms with van der Waals surface area (Å²) in [6.07, 6.45) is 6.79. The van der Waals surface area contributed by atoms with Crippen molar-refractivity contribution in [1.29, 1.82) is 0 Å². The van der Waals surface area contributed by atoms with Crippen LogP contribution in [0.25, 0.3) is 11.3 Å². The fourth-order valence-electron chi connectivity index (χ4n) is 4.77. The highest BCUT2D eigenvalue weighted by Crippen LogP contribution is 2.47. The van der Waals surface area contributed by atoms with Gasteiger partial charge in [-0.25, -0.2) is 9.37 Å². The normalized spacial score (nSPS) is 15.6. The standard InChI is InChI=1S/C28H32FN3O5/c1-16(28(35)37-3)27(18-8-9-18)19-10-7-17(25(34)11-19)5-4-6-24(33)23-15-30-22(14-31-23)20-12-26(36-2)32-13-21(20)29/h7,10-16,18,24,27,33-34H,4-6,8-9H2,1-3H3/t16-,24?,27-/m0/s1. The maximum atomic E-state index is 14.1. The van der Waals surface area contributed by atoms with Gasteiger partial charge in [-0.2, -0.15) is 0 Å². The third-order valence-electron chi connectivity index (χ3n) is 6.99. The van der Waals surface area contributed by atoms with Gasteiger partial charge in [0.25, 0.3) is 0 Å². The Bertz CT molecular complexity index is 1230. The Hall–Kier alpha value is -3.59. The number of carbonyl (C=O) groups excluding carboxylic acids is 1. The van der Waals surface area contributed by atoms with E-state index in [4.69, 9.17) is 9.47 Å². The predicted molar refractivity (Wildman–Crippen MR) is 134 cm³/mol. The minimum atomic E-state index is -0.847. The van der Waals surface area contributed by atoms with Gasteiger partial charge in [-0.3, -0.25) is 14.8 Å². The highest BCUT2D eigenvalue weighted by molar-refractivity contribution is 5.73. The summed E-state index contributed by atoms with van der Waals surface area (Å²) in [6, 6.07) is 7.07. The van der Waals surface area contributed by atoms with Crippen LogP contribution in [0.4, 0.5) is 4.39 Å². The smallest absolute Gasteiger partial charge is 0.309 e. The molecule has 4 rings (SSSR count). The van der Waals surface area contributed by atoms with Crippen molar-refractivity contribution in [2.75, 3.05) is 14.2 Å². The van der Waals surface area contributed by atoms with E-state index in [0.717, 1.165) is 30.2 Å². The molecular weight excluding hydrogens is 477 g/mol. The monoisotopic (exact) mass is 509 g/mol. The van der Waals surface area contributed by atoms with Gasteiger partial charge in [-0.15, -0.1) is 0 Å². The topological polar surface area (TPSA) is 115 Å². The molecule has 3 atom stereocenters. The first kappa shape index (κ1) is 26.5. The van der Waals surface area contributed by atoms with Crippen molar-refractivity contribution >= 4 is 5.97 Å². The summed E-state index contributed by atoms with van der Waals surface area (Å²) in [5.41, 5.74) is 2.63. The van der Waals surface area contributed by atoms with E-state index in [1.807, 2.05) is 19.1 Å². The number of phenols is 1. The van der Waals surface area contributed by atoms with E-state index in [1.165, 1.54) is 32.7 Å². The zero-order chi connectivity index (χ0) is 26.5. The predicted octanol–water partition coefficient (Wildman–Crippen LogP) is 4.75. The lowest BCUT2D eigenvalue weighted by Gasteiger charge is -2.23. The van der Waals surface area contributed by atoms with Crippen LogP contribution in [0.1, 0.15) is 61.4 Å². The van der Waals surface area contributed by atoms with Gasteiger partial charge in [0.2, 0.25) is 5.88 Å². The fourth-order valence-corrected chi connectivity index (χ4v) is 4.77. The van der Waals surface area contributed by atoms with Crippen molar-refractivity contribution < 1.29 is 28.9 Å². The molecule has 3 aromatic rings. The second-order valence-corrected chi connectivity index (χ2v) is 9.50. The van der Waals surface area contributed by atoms with Crippen LogP contribution in [-0.2, 0) is 16.0 Å². The van der Waals surface area contributed by atoms with Gasteiger partial charge in [0.15, 0.2) is 5.82 Å². The molecule has 2 N–H and O–H groups in total. The van der Waals surface area contributed by atoms with E-state index < -0.39 is 11.9 Å². The number of halogens is 1. The van der Waals surface area contributed by atoms with Crippen molar-refractivity contribution in [2.45, 2.75) is 51.0 Å². The second-order valence-electron chi connectivity index (χ2n) is 9.50. The number of hydrogen-bond donors (Lipinski definition) is 2. The molecular formula is C28H32FN3O5. The maximum absolute atomic E-state index is 14.1. The Balaban J connectivity index is 1.36. The lowest BCUT2D eigenvalue weighted by molar-refractivity contribution is -0.145. The molecule has 2 aromatic heterocycles. The first-order chi connectivity index (χ1) is 17.8. The lowest BCUT2D eigenvalue weighted by atomic mass is 9.82. The highest BCUT2D eigenvalue weighted by Gasteiger charge is 2.39. The van der Waals surface area contributed by atoms with E-state index in [-0.39, 0.29) is 35.0 Å². The molecule has 1 unspecified atom stereocenters. The van der Waals surface area contributed by atoms with Gasteiger partial charge in [0.1, 0.15) is 5.75 Å². The number of aryl methyl sites for hydroxylation is 1. The van der Waals surface area contributed by atoms with Crippen molar-refractivity contribution in [3.63, 3.8) is 0 Å². The number of esters is 1. The summed E-state index contributed by atoms with van der Waals surface area (Å²) < 4.78 is 24.1. The maximum Gasteiger partial charge on any atom is 0.309 e. The molecule has 37 heavy (non-hydrogen) atoms. The Morgan fingerprint density at radius 2 is 1.92 bits per heavy atom. The molecule has 196 valence electrons. The molecule has 0 saturated heterocycles. The number of carbonyl (C=O) groups is 1. The number of aromatic hydroxyl groups is 1. The minimum absolute atomic E-state index is 0.0254. The molecule has 1 aromatic carbocycles. The van der Waals surface area contributed by atoms with Crippen LogP contribution in [-0.4, -0.2) is 45.4 Å². The molecule has 8 nitrogen and oxygen atoms in total. The van der Waals surface area contributed by atoms with E-state index in [2.05, 4.69) is 15.0 Å². The summed E-state index contributed by atoms with van der Waals surface area (Å²) in [5, 5.41) is 21.2. The number of aromatic nitrogens is 3. The third-order valence-corrected chi connectivity index (χ3v) is 6.99. The number of nitrogens with zero attached hydrogens (tertiary/aromatic N) is 3. The molecule has 1 saturated carbocycles. The summed E-state index contributed by atoms with van der Waals surface area (Å²) in [6.45, 7) is 1.88. The van der Waals surface area contributed by atoms with Crippen LogP contribution in [0.15, 0.2) is 42.9 Å². The number of aliphatic hydroxyl groups is 1. The van der Waals surface area contributed by atoms with Crippen molar-refractivity contribution in [3.8, 4) is 22.9 Å². The van der Waals surface area contributed by atoms with Gasteiger partial charge < -0.3 is 19.7 Å². The van der Waals surface area contributed by atoms with Crippen LogP contribution >= 0.6 is 0 Å². The van der Waals surface area contributed by atoms with E-state index >= 15 is 0 Å². The first-order valence-electron chi connectivity index (χ1n) is 12.4. The minimum Gasteiger partial charge on any atom is -0.508 e. The Kier molecular flexibility index (Phi) is 8.33. The van der Waals surface area contributed by atoms with Crippen molar-refractivity contribution in [2.24, 2.45) is 11.8 Å². The molecule has 0 aliphatic heterocycles. The van der Waals surface area contributed by atoms with Crippen LogP contribution in [0.3, 0.4) is 0 Å². The molecule has 1 aliphatic carbocycles. The summed E-state index contributed by atoms with van der Waals surface area (Å²) >= 11 is 0. The number of phenolic OH excluding ortho intramolecular Hbond substituents is 1. The number of ether oxygens (including phenoxy) is 2.